The summed E-state index contributed by atoms with van der Waals surface area (Å²) in [5.41, 5.74) is 1.23. The molecule has 0 aliphatic heterocycles. The van der Waals surface area contributed by atoms with Crippen LogP contribution in [0.25, 0.3) is 10.1 Å². The van der Waals surface area contributed by atoms with Crippen molar-refractivity contribution in [3.8, 4) is 5.75 Å². The molecule has 0 radical (unpaired) electrons. The molecule has 0 atom stereocenters. The molecular weight excluding hydrogens is 268 g/mol. The molecule has 0 aliphatic rings. The molecule has 3 heteroatoms. The predicted molar refractivity (Wildman–Crippen MR) is 86.2 cm³/mol. The van der Waals surface area contributed by atoms with Crippen molar-refractivity contribution >= 4 is 27.2 Å². The number of aryl methyl sites for hydroxylation is 1. The van der Waals surface area contributed by atoms with Crippen molar-refractivity contribution in [1.29, 1.82) is 0 Å². The third-order valence-electron chi connectivity index (χ3n) is 3.31. The maximum absolute atomic E-state index is 12.2. The van der Waals surface area contributed by atoms with E-state index in [0.717, 1.165) is 28.9 Å². The van der Waals surface area contributed by atoms with Gasteiger partial charge in [-0.2, -0.15) is 0 Å². The number of hydrogen-bond donors (Lipinski definition) is 0. The monoisotopic (exact) mass is 290 g/mol. The van der Waals surface area contributed by atoms with Crippen LogP contribution >= 0.6 is 11.3 Å². The summed E-state index contributed by atoms with van der Waals surface area (Å²) in [6.45, 7) is 6.32. The number of Topliss-reactive ketones (excluding diaryl/α,β-unsaturated/α-hetero) is 1. The number of ketones is 1. The van der Waals surface area contributed by atoms with Crippen LogP contribution in [-0.2, 0) is 6.42 Å². The molecule has 0 unspecified atom stereocenters. The number of thiophene rings is 1. The first-order valence-corrected chi connectivity index (χ1v) is 8.00. The summed E-state index contributed by atoms with van der Waals surface area (Å²) >= 11 is 1.60. The smallest absolute Gasteiger partial charge is 0.173 e. The van der Waals surface area contributed by atoms with Gasteiger partial charge >= 0.3 is 0 Å². The number of fused-ring (bicyclic) bond motifs is 1. The van der Waals surface area contributed by atoms with Gasteiger partial charge in [0.1, 0.15) is 5.75 Å². The van der Waals surface area contributed by atoms with Gasteiger partial charge in [0.25, 0.3) is 0 Å². The Hall–Kier alpha value is -1.35. The fourth-order valence-corrected chi connectivity index (χ4v) is 3.43. The lowest BCUT2D eigenvalue weighted by atomic mass is 10.0. The number of methoxy groups -OCH3 is 1. The van der Waals surface area contributed by atoms with Crippen LogP contribution in [0, 0.1) is 5.92 Å². The zero-order valence-corrected chi connectivity index (χ0v) is 13.5. The molecule has 1 aromatic carbocycles. The van der Waals surface area contributed by atoms with E-state index in [1.807, 2.05) is 6.07 Å². The topological polar surface area (TPSA) is 26.3 Å². The number of ether oxygens (including phenoxy) is 1. The van der Waals surface area contributed by atoms with Crippen molar-refractivity contribution in [2.75, 3.05) is 7.11 Å². The van der Waals surface area contributed by atoms with E-state index in [0.29, 0.717) is 12.3 Å². The summed E-state index contributed by atoms with van der Waals surface area (Å²) in [6.07, 6.45) is 2.71. The van der Waals surface area contributed by atoms with E-state index >= 15 is 0 Å². The SMILES string of the molecule is CCCc1cc2sc(C(=O)CC(C)C)cc2cc1OC. The van der Waals surface area contributed by atoms with Gasteiger partial charge in [0, 0.05) is 11.1 Å². The van der Waals surface area contributed by atoms with Crippen molar-refractivity contribution in [2.45, 2.75) is 40.0 Å². The Morgan fingerprint density at radius 2 is 2.05 bits per heavy atom. The Balaban J connectivity index is 2.40. The average molecular weight is 290 g/mol. The van der Waals surface area contributed by atoms with Crippen molar-refractivity contribution in [3.63, 3.8) is 0 Å². The van der Waals surface area contributed by atoms with Crippen molar-refractivity contribution in [1.82, 2.24) is 0 Å². The summed E-state index contributed by atoms with van der Waals surface area (Å²) in [4.78, 5) is 13.0. The fraction of sp³-hybridized carbons (Fsp3) is 0.471. The number of rotatable bonds is 6. The van der Waals surface area contributed by atoms with Gasteiger partial charge in [-0.05, 0) is 41.5 Å². The minimum atomic E-state index is 0.247. The largest absolute Gasteiger partial charge is 0.496 e. The van der Waals surface area contributed by atoms with Gasteiger partial charge in [-0.15, -0.1) is 11.3 Å². The second-order valence-electron chi connectivity index (χ2n) is 5.58. The van der Waals surface area contributed by atoms with Gasteiger partial charge in [-0.3, -0.25) is 4.79 Å². The fourth-order valence-electron chi connectivity index (χ4n) is 2.37. The van der Waals surface area contributed by atoms with E-state index in [1.54, 1.807) is 18.4 Å². The van der Waals surface area contributed by atoms with Crippen LogP contribution in [0.2, 0.25) is 0 Å². The molecule has 1 heterocycles. The molecule has 0 N–H and O–H groups in total. The van der Waals surface area contributed by atoms with E-state index in [-0.39, 0.29) is 5.78 Å². The molecule has 108 valence electrons. The van der Waals surface area contributed by atoms with E-state index in [1.165, 1.54) is 10.3 Å². The maximum atomic E-state index is 12.2. The first-order valence-electron chi connectivity index (χ1n) is 7.18. The lowest BCUT2D eigenvalue weighted by molar-refractivity contribution is 0.0972. The zero-order chi connectivity index (χ0) is 14.7. The molecule has 2 nitrogen and oxygen atoms in total. The minimum absolute atomic E-state index is 0.247. The highest BCUT2D eigenvalue weighted by molar-refractivity contribution is 7.20. The molecular formula is C17H22O2S. The highest BCUT2D eigenvalue weighted by Crippen LogP contribution is 2.33. The van der Waals surface area contributed by atoms with E-state index < -0.39 is 0 Å². The van der Waals surface area contributed by atoms with Gasteiger partial charge in [-0.1, -0.05) is 27.2 Å². The third-order valence-corrected chi connectivity index (χ3v) is 4.45. The molecule has 0 aliphatic carbocycles. The molecule has 20 heavy (non-hydrogen) atoms. The Labute approximate surface area is 124 Å². The molecule has 0 amide bonds. The van der Waals surface area contributed by atoms with Crippen molar-refractivity contribution in [3.05, 3.63) is 28.6 Å². The summed E-state index contributed by atoms with van der Waals surface area (Å²) in [5.74, 6) is 1.58. The number of carbonyl (C=O) groups excluding carboxylic acids is 1. The molecule has 1 aromatic heterocycles. The average Bonchev–Trinajstić information content (AvgIpc) is 2.80. The summed E-state index contributed by atoms with van der Waals surface area (Å²) < 4.78 is 6.64. The standard InChI is InChI=1S/C17H22O2S/c1-5-6-12-9-16-13(8-15(12)19-4)10-17(20-16)14(18)7-11(2)3/h8-11H,5-7H2,1-4H3. The first-order chi connectivity index (χ1) is 9.55. The van der Waals surface area contributed by atoms with Crippen LogP contribution in [0.1, 0.15) is 48.8 Å². The van der Waals surface area contributed by atoms with Crippen LogP contribution in [0.5, 0.6) is 5.75 Å². The molecule has 0 saturated heterocycles. The highest BCUT2D eigenvalue weighted by Gasteiger charge is 2.14. The molecule has 0 fully saturated rings. The summed E-state index contributed by atoms with van der Waals surface area (Å²) in [5, 5.41) is 1.11. The summed E-state index contributed by atoms with van der Waals surface area (Å²) in [7, 11) is 1.71. The molecule has 0 spiro atoms. The van der Waals surface area contributed by atoms with Crippen LogP contribution in [-0.4, -0.2) is 12.9 Å². The van der Waals surface area contributed by atoms with E-state index in [4.69, 9.17) is 4.74 Å². The van der Waals surface area contributed by atoms with E-state index in [9.17, 15) is 4.79 Å². The minimum Gasteiger partial charge on any atom is -0.496 e. The molecule has 0 saturated carbocycles. The number of carbonyl (C=O) groups is 1. The van der Waals surface area contributed by atoms with Gasteiger partial charge in [0.05, 0.1) is 12.0 Å². The second kappa shape index (κ2) is 6.40. The van der Waals surface area contributed by atoms with Crippen LogP contribution in [0.3, 0.4) is 0 Å². The Kier molecular flexibility index (Phi) is 4.81. The van der Waals surface area contributed by atoms with Crippen molar-refractivity contribution in [2.24, 2.45) is 5.92 Å². The maximum Gasteiger partial charge on any atom is 0.173 e. The Morgan fingerprint density at radius 1 is 1.30 bits per heavy atom. The zero-order valence-electron chi connectivity index (χ0n) is 12.7. The van der Waals surface area contributed by atoms with Gasteiger partial charge < -0.3 is 4.74 Å². The van der Waals surface area contributed by atoms with Gasteiger partial charge in [0.2, 0.25) is 0 Å². The van der Waals surface area contributed by atoms with Crippen molar-refractivity contribution < 1.29 is 9.53 Å². The lowest BCUT2D eigenvalue weighted by Crippen LogP contribution is -2.00. The molecule has 0 bridgehead atoms. The third kappa shape index (κ3) is 3.21. The molecule has 2 aromatic rings. The lowest BCUT2D eigenvalue weighted by Gasteiger charge is -2.07. The first kappa shape index (κ1) is 15.0. The van der Waals surface area contributed by atoms with Crippen LogP contribution in [0.4, 0.5) is 0 Å². The molecule has 2 rings (SSSR count). The Bertz CT molecular complexity index is 611. The predicted octanol–water partition coefficient (Wildman–Crippen LogP) is 5.09. The normalized spacial score (nSPS) is 11.2. The Morgan fingerprint density at radius 3 is 2.65 bits per heavy atom. The summed E-state index contributed by atoms with van der Waals surface area (Å²) in [6, 6.07) is 6.24. The van der Waals surface area contributed by atoms with Crippen LogP contribution < -0.4 is 4.74 Å². The second-order valence-corrected chi connectivity index (χ2v) is 6.67. The van der Waals surface area contributed by atoms with Gasteiger partial charge in [0.15, 0.2) is 5.78 Å². The van der Waals surface area contributed by atoms with E-state index in [2.05, 4.69) is 32.9 Å². The quantitative estimate of drug-likeness (QED) is 0.692. The highest BCUT2D eigenvalue weighted by atomic mass is 32.1. The van der Waals surface area contributed by atoms with Gasteiger partial charge in [-0.25, -0.2) is 0 Å². The number of benzene rings is 1. The van der Waals surface area contributed by atoms with Crippen LogP contribution in [0.15, 0.2) is 18.2 Å². The number of hydrogen-bond acceptors (Lipinski definition) is 3.